The van der Waals surface area contributed by atoms with E-state index in [-0.39, 0.29) is 22.4 Å². The quantitative estimate of drug-likeness (QED) is 0.141. The summed E-state index contributed by atoms with van der Waals surface area (Å²) in [7, 11) is -2.71. The molecule has 47 heavy (non-hydrogen) atoms. The lowest BCUT2D eigenvalue weighted by atomic mass is 10.0. The number of sulfonamides is 1. The van der Waals surface area contributed by atoms with Gasteiger partial charge in [0, 0.05) is 25.6 Å². The van der Waals surface area contributed by atoms with Gasteiger partial charge in [-0.25, -0.2) is 31.7 Å². The van der Waals surface area contributed by atoms with Gasteiger partial charge < -0.3 is 20.7 Å². The number of nitrogens with zero attached hydrogens (tertiary/aromatic N) is 3. The van der Waals surface area contributed by atoms with Crippen LogP contribution in [0.1, 0.15) is 33.2 Å². The maximum Gasteiger partial charge on any atom is 0.326 e. The van der Waals surface area contributed by atoms with E-state index in [1.165, 1.54) is 40.0 Å². The molecule has 5 aromatic rings. The Labute approximate surface area is 265 Å². The largest absolute Gasteiger partial charge is 0.480 e. The predicted octanol–water partition coefficient (Wildman–Crippen LogP) is 2.31. The minimum absolute atomic E-state index is 0.204. The van der Waals surface area contributed by atoms with Crippen molar-refractivity contribution in [2.45, 2.75) is 24.3 Å². The first-order valence-electron chi connectivity index (χ1n) is 13.9. The predicted molar refractivity (Wildman–Crippen MR) is 165 cm³/mol. The van der Waals surface area contributed by atoms with Crippen LogP contribution in [0.2, 0.25) is 0 Å². The Kier molecular flexibility index (Phi) is 8.92. The zero-order valence-electron chi connectivity index (χ0n) is 24.7. The lowest BCUT2D eigenvalue weighted by Crippen LogP contribution is -2.43. The zero-order valence-corrected chi connectivity index (χ0v) is 25.6. The van der Waals surface area contributed by atoms with Gasteiger partial charge in [0.05, 0.1) is 22.6 Å². The third kappa shape index (κ3) is 6.60. The number of H-pyrrole nitrogens is 1. The number of rotatable bonds is 11. The Hall–Kier alpha value is -5.84. The minimum Gasteiger partial charge on any atom is -0.480 e. The molecule has 0 bridgehead atoms. The van der Waals surface area contributed by atoms with Gasteiger partial charge in [0.25, 0.3) is 27.4 Å². The van der Waals surface area contributed by atoms with Crippen LogP contribution in [0.4, 0.5) is 14.5 Å². The van der Waals surface area contributed by atoms with E-state index in [4.69, 9.17) is 0 Å². The number of hydrogen-bond acceptors (Lipinski definition) is 7. The third-order valence-corrected chi connectivity index (χ3v) is 8.54. The smallest absolute Gasteiger partial charge is 0.326 e. The molecule has 0 aliphatic heterocycles. The van der Waals surface area contributed by atoms with Gasteiger partial charge >= 0.3 is 5.97 Å². The van der Waals surface area contributed by atoms with E-state index in [2.05, 4.69) is 20.6 Å². The van der Waals surface area contributed by atoms with Gasteiger partial charge in [-0.15, -0.1) is 0 Å². The highest BCUT2D eigenvalue weighted by Gasteiger charge is 2.27. The second-order valence-electron chi connectivity index (χ2n) is 10.3. The molecule has 0 spiro atoms. The third-order valence-electron chi connectivity index (χ3n) is 7.14. The van der Waals surface area contributed by atoms with Crippen molar-refractivity contribution in [2.24, 2.45) is 7.05 Å². The molecule has 0 saturated heterocycles. The van der Waals surface area contributed by atoms with Crippen LogP contribution in [0.15, 0.2) is 76.7 Å². The number of carbonyl (C=O) groups excluding carboxylic acids is 2. The van der Waals surface area contributed by atoms with Crippen LogP contribution in [0.25, 0.3) is 16.9 Å². The summed E-state index contributed by atoms with van der Waals surface area (Å²) in [6.45, 7) is 2.08. The first kappa shape index (κ1) is 32.6. The van der Waals surface area contributed by atoms with Crippen molar-refractivity contribution < 1.29 is 36.7 Å². The Morgan fingerprint density at radius 2 is 1.64 bits per heavy atom. The molecule has 3 aromatic carbocycles. The number of aliphatic carboxylic acids is 1. The number of benzene rings is 3. The molecule has 2 amide bonds. The van der Waals surface area contributed by atoms with E-state index in [1.807, 2.05) is 4.72 Å². The molecule has 0 unspecified atom stereocenters. The van der Waals surface area contributed by atoms with Gasteiger partial charge in [-0.1, -0.05) is 12.1 Å². The minimum atomic E-state index is -4.35. The van der Waals surface area contributed by atoms with Gasteiger partial charge in [-0.3, -0.25) is 23.8 Å². The molecule has 0 aliphatic rings. The molecule has 2 aromatic heterocycles. The second-order valence-corrected chi connectivity index (χ2v) is 12.0. The number of hydrogen-bond donors (Lipinski definition) is 5. The van der Waals surface area contributed by atoms with E-state index in [9.17, 15) is 41.5 Å². The monoisotopic (exact) mass is 667 g/mol. The Morgan fingerprint density at radius 3 is 2.21 bits per heavy atom. The lowest BCUT2D eigenvalue weighted by Gasteiger charge is -2.16. The Balaban J connectivity index is 1.29. The number of amides is 2. The fraction of sp³-hybridized carbons (Fsp3) is 0.167. The maximum absolute atomic E-state index is 15.0. The van der Waals surface area contributed by atoms with Crippen LogP contribution in [-0.4, -0.2) is 63.2 Å². The number of fused-ring (bicyclic) bond motifs is 1. The van der Waals surface area contributed by atoms with Gasteiger partial charge in [0.15, 0.2) is 11.2 Å². The molecule has 1 atom stereocenters. The number of aromatic amines is 1. The van der Waals surface area contributed by atoms with Crippen LogP contribution in [-0.2, 0) is 28.3 Å². The molecular formula is C30H27F2N7O7S. The number of imidazole rings is 1. The molecule has 2 heterocycles. The fourth-order valence-electron chi connectivity index (χ4n) is 4.87. The van der Waals surface area contributed by atoms with E-state index in [0.29, 0.717) is 41.1 Å². The van der Waals surface area contributed by atoms with Crippen molar-refractivity contribution in [2.75, 3.05) is 11.3 Å². The number of carboxylic acids is 1. The molecule has 0 radical (unpaired) electrons. The first-order chi connectivity index (χ1) is 22.3. The van der Waals surface area contributed by atoms with Crippen LogP contribution in [0.3, 0.4) is 0 Å². The summed E-state index contributed by atoms with van der Waals surface area (Å²) >= 11 is 0. The highest BCUT2D eigenvalue weighted by molar-refractivity contribution is 7.92. The van der Waals surface area contributed by atoms with E-state index in [0.717, 1.165) is 12.1 Å². The van der Waals surface area contributed by atoms with E-state index in [1.54, 1.807) is 26.1 Å². The number of halogens is 2. The number of aryl methyl sites for hydroxylation is 1. The fourth-order valence-corrected chi connectivity index (χ4v) is 5.91. The van der Waals surface area contributed by atoms with E-state index >= 15 is 0 Å². The Bertz CT molecular complexity index is 2150. The number of aromatic nitrogens is 4. The number of carboxylic acid groups (broad SMARTS) is 1. The summed E-state index contributed by atoms with van der Waals surface area (Å²) in [5.41, 5.74) is -0.177. The van der Waals surface area contributed by atoms with Gasteiger partial charge in [0.2, 0.25) is 0 Å². The summed E-state index contributed by atoms with van der Waals surface area (Å²) in [5.74, 6) is -6.16. The summed E-state index contributed by atoms with van der Waals surface area (Å²) in [6, 6.07) is 10.6. The van der Waals surface area contributed by atoms with Gasteiger partial charge in [0.1, 0.15) is 23.2 Å². The molecular weight excluding hydrogens is 640 g/mol. The molecule has 17 heteroatoms. The number of anilines is 1. The lowest BCUT2D eigenvalue weighted by molar-refractivity contribution is -0.139. The standard InChI is InChI=1S/C30H27F2N7O7S/c1-3-33-27(40)17-6-10-20(11-7-17)47(45,46)37-18-13-21(31)24(22(32)14-18)28(41)36-23(30(43)44)12-16-4-8-19(9-5-16)39-29(42)25-26(38(39)2)35-15-34-25/h4-11,13-15,23,37H,3,12H2,1-2H3,(H,33,40)(H,34,35)(H,36,41)(H,43,44)/t23-/m0/s1. The normalized spacial score (nSPS) is 12.1. The summed E-state index contributed by atoms with van der Waals surface area (Å²) in [5, 5.41) is 14.4. The molecule has 0 saturated carbocycles. The SMILES string of the molecule is CCNC(=O)c1ccc(S(=O)(=O)Nc2cc(F)c(C(=O)N[C@@H](Cc3ccc(-n4c(=O)c5[nH]cnc5n4C)cc3)C(=O)O)c(F)c2)cc1. The van der Waals surface area contributed by atoms with Gasteiger partial charge in [-0.05, 0) is 61.0 Å². The maximum atomic E-state index is 15.0. The van der Waals surface area contributed by atoms with Crippen molar-refractivity contribution in [1.82, 2.24) is 30.0 Å². The molecule has 5 N–H and O–H groups in total. The molecule has 244 valence electrons. The average molecular weight is 668 g/mol. The second kappa shape index (κ2) is 12.9. The number of carbonyl (C=O) groups is 3. The summed E-state index contributed by atoms with van der Waals surface area (Å²) < 4.78 is 60.5. The van der Waals surface area contributed by atoms with Crippen molar-refractivity contribution in [3.8, 4) is 5.69 Å². The van der Waals surface area contributed by atoms with E-state index < -0.39 is 56.7 Å². The summed E-state index contributed by atoms with van der Waals surface area (Å²) in [6.07, 6.45) is 1.12. The van der Waals surface area contributed by atoms with Crippen molar-refractivity contribution in [1.29, 1.82) is 0 Å². The zero-order chi connectivity index (χ0) is 34.0. The van der Waals surface area contributed by atoms with Crippen LogP contribution >= 0.6 is 0 Å². The molecule has 5 rings (SSSR count). The van der Waals surface area contributed by atoms with Crippen molar-refractivity contribution in [3.63, 3.8) is 0 Å². The van der Waals surface area contributed by atoms with Crippen LogP contribution in [0, 0.1) is 11.6 Å². The average Bonchev–Trinajstić information content (AvgIpc) is 3.59. The van der Waals surface area contributed by atoms with Crippen molar-refractivity contribution >= 4 is 44.7 Å². The molecule has 0 fully saturated rings. The Morgan fingerprint density at radius 1 is 1.00 bits per heavy atom. The molecule has 14 nitrogen and oxygen atoms in total. The topological polar surface area (TPSA) is 197 Å². The molecule has 0 aliphatic carbocycles. The van der Waals surface area contributed by atoms with Crippen molar-refractivity contribution in [3.05, 3.63) is 106 Å². The van der Waals surface area contributed by atoms with Gasteiger partial charge in [-0.2, -0.15) is 0 Å². The highest BCUT2D eigenvalue weighted by atomic mass is 32.2. The van der Waals surface area contributed by atoms with Crippen LogP contribution in [0.5, 0.6) is 0 Å². The first-order valence-corrected chi connectivity index (χ1v) is 15.4. The number of nitrogens with one attached hydrogen (secondary N) is 4. The summed E-state index contributed by atoms with van der Waals surface area (Å²) in [4.78, 5) is 56.0. The highest BCUT2D eigenvalue weighted by Crippen LogP contribution is 2.23. The van der Waals surface area contributed by atoms with Crippen LogP contribution < -0.4 is 20.9 Å².